The van der Waals surface area contributed by atoms with Gasteiger partial charge in [-0.15, -0.1) is 0 Å². The third kappa shape index (κ3) is 2.71. The fourth-order valence-electron chi connectivity index (χ4n) is 2.75. The van der Waals surface area contributed by atoms with Crippen LogP contribution in [0, 0.1) is 16.7 Å². The van der Waals surface area contributed by atoms with Gasteiger partial charge in [0.05, 0.1) is 6.07 Å². The van der Waals surface area contributed by atoms with Gasteiger partial charge in [-0.05, 0) is 35.8 Å². The number of nitriles is 1. The summed E-state index contributed by atoms with van der Waals surface area (Å²) < 4.78 is 0. The third-order valence-corrected chi connectivity index (χ3v) is 4.08. The molecule has 0 amide bonds. The van der Waals surface area contributed by atoms with E-state index in [0.29, 0.717) is 19.3 Å². The van der Waals surface area contributed by atoms with Crippen LogP contribution in [0.15, 0.2) is 24.3 Å². The predicted molar refractivity (Wildman–Crippen MR) is 75.8 cm³/mol. The first-order valence-electron chi connectivity index (χ1n) is 6.91. The number of ketones is 1. The van der Waals surface area contributed by atoms with Gasteiger partial charge in [-0.2, -0.15) is 5.26 Å². The highest BCUT2D eigenvalue weighted by Gasteiger charge is 2.42. The molecule has 0 heterocycles. The summed E-state index contributed by atoms with van der Waals surface area (Å²) in [6.45, 7) is 6.54. The average molecular weight is 255 g/mol. The number of hydrogen-bond donors (Lipinski definition) is 0. The number of hydrogen-bond acceptors (Lipinski definition) is 2. The van der Waals surface area contributed by atoms with Crippen LogP contribution >= 0.6 is 0 Å². The first-order chi connectivity index (χ1) is 8.87. The summed E-state index contributed by atoms with van der Waals surface area (Å²) >= 11 is 0. The van der Waals surface area contributed by atoms with Gasteiger partial charge in [0.25, 0.3) is 0 Å². The number of Topliss-reactive ketones (excluding diaryl/α,β-unsaturated/α-hetero) is 1. The quantitative estimate of drug-likeness (QED) is 0.806. The van der Waals surface area contributed by atoms with E-state index in [1.54, 1.807) is 0 Å². The number of nitrogens with zero attached hydrogens (tertiary/aromatic N) is 1. The maximum absolute atomic E-state index is 11.9. The summed E-state index contributed by atoms with van der Waals surface area (Å²) in [6.07, 6.45) is 2.69. The lowest BCUT2D eigenvalue weighted by molar-refractivity contribution is -0.123. The molecule has 0 saturated heterocycles. The van der Waals surface area contributed by atoms with Crippen LogP contribution in [0.5, 0.6) is 0 Å². The van der Waals surface area contributed by atoms with E-state index >= 15 is 0 Å². The zero-order valence-electron chi connectivity index (χ0n) is 12.0. The van der Waals surface area contributed by atoms with E-state index in [2.05, 4.69) is 51.1 Å². The lowest BCUT2D eigenvalue weighted by Gasteiger charge is -2.21. The van der Waals surface area contributed by atoms with Crippen LogP contribution in [0.4, 0.5) is 0 Å². The van der Waals surface area contributed by atoms with Gasteiger partial charge < -0.3 is 0 Å². The van der Waals surface area contributed by atoms with Crippen molar-refractivity contribution < 1.29 is 4.79 Å². The fraction of sp³-hybridized carbons (Fsp3) is 0.529. The normalized spacial score (nSPS) is 23.4. The minimum absolute atomic E-state index is 0.120. The largest absolute Gasteiger partial charge is 0.298 e. The van der Waals surface area contributed by atoms with Crippen molar-refractivity contribution in [3.8, 4) is 6.07 Å². The molecule has 1 aromatic rings. The van der Waals surface area contributed by atoms with E-state index in [0.717, 1.165) is 12.0 Å². The van der Waals surface area contributed by atoms with Gasteiger partial charge in [0.2, 0.25) is 0 Å². The summed E-state index contributed by atoms with van der Waals surface area (Å²) in [4.78, 5) is 11.9. The molecule has 0 aliphatic heterocycles. The molecule has 1 aromatic carbocycles. The zero-order valence-corrected chi connectivity index (χ0v) is 12.0. The number of rotatable bonds is 2. The lowest BCUT2D eigenvalue weighted by atomic mass is 9.79. The van der Waals surface area contributed by atoms with Crippen LogP contribution < -0.4 is 0 Å². The summed E-state index contributed by atoms with van der Waals surface area (Å²) in [6, 6.07) is 10.6. The molecule has 1 aliphatic carbocycles. The molecule has 100 valence electrons. The van der Waals surface area contributed by atoms with Gasteiger partial charge in [0.15, 0.2) is 5.78 Å². The molecule has 1 unspecified atom stereocenters. The Balaban J connectivity index is 2.21. The van der Waals surface area contributed by atoms with Crippen molar-refractivity contribution in [2.24, 2.45) is 5.41 Å². The second-order valence-electron chi connectivity index (χ2n) is 6.59. The van der Waals surface area contributed by atoms with Gasteiger partial charge in [-0.3, -0.25) is 4.79 Å². The molecule has 1 atom stereocenters. The van der Waals surface area contributed by atoms with Crippen molar-refractivity contribution in [2.45, 2.75) is 51.9 Å². The predicted octanol–water partition coefficient (Wildman–Crippen LogP) is 3.79. The molecule has 1 fully saturated rings. The van der Waals surface area contributed by atoms with Crippen molar-refractivity contribution in [2.75, 3.05) is 0 Å². The molecule has 0 radical (unpaired) electrons. The van der Waals surface area contributed by atoms with Crippen molar-refractivity contribution in [3.05, 3.63) is 35.4 Å². The van der Waals surface area contributed by atoms with Crippen LogP contribution in [-0.2, 0) is 16.6 Å². The monoisotopic (exact) mass is 255 g/mol. The van der Waals surface area contributed by atoms with Crippen LogP contribution in [-0.4, -0.2) is 5.78 Å². The molecule has 0 bridgehead atoms. The second kappa shape index (κ2) is 4.81. The molecule has 1 saturated carbocycles. The average Bonchev–Trinajstić information content (AvgIpc) is 2.71. The highest BCUT2D eigenvalue weighted by Crippen LogP contribution is 2.37. The van der Waals surface area contributed by atoms with E-state index in [1.165, 1.54) is 5.56 Å². The molecule has 2 rings (SSSR count). The summed E-state index contributed by atoms with van der Waals surface area (Å²) in [5, 5.41) is 9.36. The summed E-state index contributed by atoms with van der Waals surface area (Å²) in [5.74, 6) is 0.120. The van der Waals surface area contributed by atoms with Crippen molar-refractivity contribution in [1.82, 2.24) is 0 Å². The van der Waals surface area contributed by atoms with E-state index in [4.69, 9.17) is 0 Å². The third-order valence-electron chi connectivity index (χ3n) is 4.08. The molecular formula is C17H21NO. The van der Waals surface area contributed by atoms with Crippen molar-refractivity contribution >= 4 is 5.78 Å². The standard InChI is InChI=1S/C17H21NO/c1-16(2,3)14-8-6-13(7-9-14)11-17(12-18)10-4-5-15(17)19/h6-9H,4-5,10-11H2,1-3H3. The number of benzene rings is 1. The van der Waals surface area contributed by atoms with Crippen molar-refractivity contribution in [1.29, 1.82) is 5.26 Å². The Morgan fingerprint density at radius 3 is 2.32 bits per heavy atom. The molecule has 2 heteroatoms. The van der Waals surface area contributed by atoms with Gasteiger partial charge in [0, 0.05) is 6.42 Å². The topological polar surface area (TPSA) is 40.9 Å². The minimum Gasteiger partial charge on any atom is -0.298 e. The Hall–Kier alpha value is -1.62. The van der Waals surface area contributed by atoms with Gasteiger partial charge in [0.1, 0.15) is 5.41 Å². The highest BCUT2D eigenvalue weighted by molar-refractivity contribution is 5.89. The molecule has 19 heavy (non-hydrogen) atoms. The van der Waals surface area contributed by atoms with Gasteiger partial charge >= 0.3 is 0 Å². The second-order valence-corrected chi connectivity index (χ2v) is 6.59. The highest BCUT2D eigenvalue weighted by atomic mass is 16.1. The zero-order chi connectivity index (χ0) is 14.1. The molecule has 0 N–H and O–H groups in total. The Labute approximate surface area is 115 Å². The molecule has 1 aliphatic rings. The first-order valence-corrected chi connectivity index (χ1v) is 6.91. The van der Waals surface area contributed by atoms with Gasteiger partial charge in [-0.25, -0.2) is 0 Å². The Morgan fingerprint density at radius 1 is 1.26 bits per heavy atom. The summed E-state index contributed by atoms with van der Waals surface area (Å²) in [7, 11) is 0. The Morgan fingerprint density at radius 2 is 1.89 bits per heavy atom. The van der Waals surface area contributed by atoms with Crippen molar-refractivity contribution in [3.63, 3.8) is 0 Å². The smallest absolute Gasteiger partial charge is 0.153 e. The molecule has 0 aromatic heterocycles. The molecule has 2 nitrogen and oxygen atoms in total. The van der Waals surface area contributed by atoms with E-state index < -0.39 is 5.41 Å². The number of carbonyl (C=O) groups excluding carboxylic acids is 1. The van der Waals surface area contributed by atoms with Crippen LogP contribution in [0.2, 0.25) is 0 Å². The van der Waals surface area contributed by atoms with E-state index in [-0.39, 0.29) is 11.2 Å². The Bertz CT molecular complexity index is 516. The Kier molecular flexibility index (Phi) is 3.49. The SMILES string of the molecule is CC(C)(C)c1ccc(CC2(C#N)CCCC2=O)cc1. The van der Waals surface area contributed by atoms with E-state index in [9.17, 15) is 10.1 Å². The van der Waals surface area contributed by atoms with E-state index in [1.807, 2.05) is 0 Å². The van der Waals surface area contributed by atoms with Crippen LogP contribution in [0.25, 0.3) is 0 Å². The minimum atomic E-state index is -0.761. The van der Waals surface area contributed by atoms with Gasteiger partial charge in [-0.1, -0.05) is 45.0 Å². The molecular weight excluding hydrogens is 234 g/mol. The maximum atomic E-state index is 11.9. The van der Waals surface area contributed by atoms with Crippen LogP contribution in [0.1, 0.15) is 51.2 Å². The fourth-order valence-corrected chi connectivity index (χ4v) is 2.75. The maximum Gasteiger partial charge on any atom is 0.153 e. The lowest BCUT2D eigenvalue weighted by Crippen LogP contribution is -2.26. The number of carbonyl (C=O) groups is 1. The van der Waals surface area contributed by atoms with Crippen LogP contribution in [0.3, 0.4) is 0 Å². The molecule has 0 spiro atoms. The summed E-state index contributed by atoms with van der Waals surface area (Å²) in [5.41, 5.74) is 1.74. The first kappa shape index (κ1) is 13.8.